The molecule has 0 aromatic carbocycles. The van der Waals surface area contributed by atoms with E-state index in [0.29, 0.717) is 5.92 Å². The fraction of sp³-hybridized carbons (Fsp3) is 0.933. The number of nitrogens with zero attached hydrogens (tertiary/aromatic N) is 1. The van der Waals surface area contributed by atoms with Crippen LogP contribution in [-0.2, 0) is 4.74 Å². The fourth-order valence-corrected chi connectivity index (χ4v) is 2.35. The SMILES string of the molecule is CC[C@H](C)[C@@H](CN1CCCC1)NC(=O)OC(C)(C)C. The maximum absolute atomic E-state index is 11.9. The van der Waals surface area contributed by atoms with E-state index in [2.05, 4.69) is 24.1 Å². The van der Waals surface area contributed by atoms with Gasteiger partial charge in [-0.15, -0.1) is 0 Å². The molecule has 1 amide bonds. The molecule has 0 aromatic heterocycles. The first-order valence-electron chi connectivity index (χ1n) is 7.53. The summed E-state index contributed by atoms with van der Waals surface area (Å²) < 4.78 is 5.36. The Kier molecular flexibility index (Phi) is 6.11. The number of alkyl carbamates (subject to hydrolysis) is 1. The molecule has 1 saturated heterocycles. The Bertz CT molecular complexity index is 280. The summed E-state index contributed by atoms with van der Waals surface area (Å²) in [6.45, 7) is 13.3. The highest BCUT2D eigenvalue weighted by Crippen LogP contribution is 2.15. The van der Waals surface area contributed by atoms with E-state index in [9.17, 15) is 4.79 Å². The highest BCUT2D eigenvalue weighted by Gasteiger charge is 2.25. The second-order valence-corrected chi connectivity index (χ2v) is 6.65. The average molecular weight is 270 g/mol. The zero-order valence-electron chi connectivity index (χ0n) is 13.2. The minimum atomic E-state index is -0.433. The molecular formula is C15H30N2O2. The number of likely N-dealkylation sites (tertiary alicyclic amines) is 1. The van der Waals surface area contributed by atoms with Crippen molar-refractivity contribution in [2.45, 2.75) is 65.5 Å². The van der Waals surface area contributed by atoms with Gasteiger partial charge in [-0.1, -0.05) is 20.3 Å². The summed E-state index contributed by atoms with van der Waals surface area (Å²) in [6.07, 6.45) is 3.32. The van der Waals surface area contributed by atoms with Crippen molar-refractivity contribution in [1.82, 2.24) is 10.2 Å². The van der Waals surface area contributed by atoms with Crippen LogP contribution >= 0.6 is 0 Å². The molecule has 1 rings (SSSR count). The van der Waals surface area contributed by atoms with Crippen molar-refractivity contribution in [3.8, 4) is 0 Å². The van der Waals surface area contributed by atoms with Crippen molar-refractivity contribution in [3.63, 3.8) is 0 Å². The summed E-state index contributed by atoms with van der Waals surface area (Å²) >= 11 is 0. The Morgan fingerprint density at radius 2 is 1.89 bits per heavy atom. The molecule has 0 spiro atoms. The normalized spacial score (nSPS) is 20.1. The van der Waals surface area contributed by atoms with Gasteiger partial charge in [-0.25, -0.2) is 4.79 Å². The molecule has 1 heterocycles. The van der Waals surface area contributed by atoms with Crippen molar-refractivity contribution in [1.29, 1.82) is 0 Å². The molecule has 1 aliphatic heterocycles. The van der Waals surface area contributed by atoms with Gasteiger partial charge in [-0.05, 0) is 52.6 Å². The molecular weight excluding hydrogens is 240 g/mol. The lowest BCUT2D eigenvalue weighted by atomic mass is 9.99. The molecule has 0 aromatic rings. The largest absolute Gasteiger partial charge is 0.444 e. The Labute approximate surface area is 117 Å². The molecule has 112 valence electrons. The van der Waals surface area contributed by atoms with Crippen LogP contribution in [0.3, 0.4) is 0 Å². The highest BCUT2D eigenvalue weighted by molar-refractivity contribution is 5.68. The van der Waals surface area contributed by atoms with Gasteiger partial charge in [0.2, 0.25) is 0 Å². The van der Waals surface area contributed by atoms with E-state index in [4.69, 9.17) is 4.74 Å². The smallest absolute Gasteiger partial charge is 0.407 e. The highest BCUT2D eigenvalue weighted by atomic mass is 16.6. The van der Waals surface area contributed by atoms with E-state index in [-0.39, 0.29) is 12.1 Å². The van der Waals surface area contributed by atoms with Gasteiger partial charge in [0.25, 0.3) is 0 Å². The molecule has 19 heavy (non-hydrogen) atoms. The number of rotatable bonds is 5. The van der Waals surface area contributed by atoms with E-state index >= 15 is 0 Å². The molecule has 4 nitrogen and oxygen atoms in total. The molecule has 0 unspecified atom stereocenters. The molecule has 2 atom stereocenters. The zero-order chi connectivity index (χ0) is 14.5. The van der Waals surface area contributed by atoms with Crippen LogP contribution in [0.5, 0.6) is 0 Å². The molecule has 0 bridgehead atoms. The first kappa shape index (κ1) is 16.3. The van der Waals surface area contributed by atoms with Crippen molar-refractivity contribution < 1.29 is 9.53 Å². The first-order valence-corrected chi connectivity index (χ1v) is 7.53. The average Bonchev–Trinajstić information content (AvgIpc) is 2.77. The predicted molar refractivity (Wildman–Crippen MR) is 78.3 cm³/mol. The number of carbonyl (C=O) groups excluding carboxylic acids is 1. The minimum Gasteiger partial charge on any atom is -0.444 e. The van der Waals surface area contributed by atoms with Crippen molar-refractivity contribution in [3.05, 3.63) is 0 Å². The van der Waals surface area contributed by atoms with E-state index in [1.54, 1.807) is 0 Å². The summed E-state index contributed by atoms with van der Waals surface area (Å²) in [5.41, 5.74) is -0.433. The van der Waals surface area contributed by atoms with Gasteiger partial charge in [-0.3, -0.25) is 0 Å². The number of nitrogens with one attached hydrogen (secondary N) is 1. The van der Waals surface area contributed by atoms with Crippen LogP contribution in [0.4, 0.5) is 4.79 Å². The van der Waals surface area contributed by atoms with E-state index in [0.717, 1.165) is 26.1 Å². The number of ether oxygens (including phenoxy) is 1. The third-order valence-electron chi connectivity index (χ3n) is 3.69. The van der Waals surface area contributed by atoms with Crippen LogP contribution in [-0.4, -0.2) is 42.3 Å². The Hall–Kier alpha value is -0.770. The standard InChI is InChI=1S/C15H30N2O2/c1-6-12(2)13(11-17-9-7-8-10-17)16-14(18)19-15(3,4)5/h12-13H,6-11H2,1-5H3,(H,16,18)/t12-,13+/m0/s1. The van der Waals surface area contributed by atoms with Crippen LogP contribution in [0.1, 0.15) is 53.9 Å². The van der Waals surface area contributed by atoms with Crippen molar-refractivity contribution in [2.75, 3.05) is 19.6 Å². The quantitative estimate of drug-likeness (QED) is 0.835. The lowest BCUT2D eigenvalue weighted by Crippen LogP contribution is -2.48. The number of carbonyl (C=O) groups is 1. The number of hydrogen-bond acceptors (Lipinski definition) is 3. The van der Waals surface area contributed by atoms with Gasteiger partial charge in [0, 0.05) is 12.6 Å². The van der Waals surface area contributed by atoms with Crippen molar-refractivity contribution in [2.24, 2.45) is 5.92 Å². The Morgan fingerprint density at radius 1 is 1.32 bits per heavy atom. The third kappa shape index (κ3) is 6.28. The van der Waals surface area contributed by atoms with Gasteiger partial charge in [0.1, 0.15) is 5.60 Å². The van der Waals surface area contributed by atoms with Crippen molar-refractivity contribution >= 4 is 6.09 Å². The maximum Gasteiger partial charge on any atom is 0.407 e. The van der Waals surface area contributed by atoms with Gasteiger partial charge < -0.3 is 15.0 Å². The number of amides is 1. The van der Waals surface area contributed by atoms with Gasteiger partial charge in [0.15, 0.2) is 0 Å². The summed E-state index contributed by atoms with van der Waals surface area (Å²) in [4.78, 5) is 14.4. The molecule has 1 aliphatic rings. The van der Waals surface area contributed by atoms with Crippen LogP contribution in [0.25, 0.3) is 0 Å². The molecule has 0 aliphatic carbocycles. The van der Waals surface area contributed by atoms with Gasteiger partial charge in [-0.2, -0.15) is 0 Å². The maximum atomic E-state index is 11.9. The predicted octanol–water partition coefficient (Wildman–Crippen LogP) is 3.02. The molecule has 0 saturated carbocycles. The summed E-state index contributed by atoms with van der Waals surface area (Å²) in [7, 11) is 0. The molecule has 4 heteroatoms. The van der Waals surface area contributed by atoms with Gasteiger partial charge >= 0.3 is 6.09 Å². The number of hydrogen-bond donors (Lipinski definition) is 1. The van der Waals surface area contributed by atoms with Crippen LogP contribution in [0.2, 0.25) is 0 Å². The Balaban J connectivity index is 2.51. The summed E-state index contributed by atoms with van der Waals surface area (Å²) in [6, 6.07) is 0.179. The fourth-order valence-electron chi connectivity index (χ4n) is 2.35. The second kappa shape index (κ2) is 7.13. The third-order valence-corrected chi connectivity index (χ3v) is 3.69. The monoisotopic (exact) mass is 270 g/mol. The first-order chi connectivity index (χ1) is 8.81. The van der Waals surface area contributed by atoms with Crippen LogP contribution in [0, 0.1) is 5.92 Å². The zero-order valence-corrected chi connectivity index (χ0v) is 13.2. The molecule has 1 N–H and O–H groups in total. The van der Waals surface area contributed by atoms with E-state index < -0.39 is 5.60 Å². The summed E-state index contributed by atoms with van der Waals surface area (Å²) in [5.74, 6) is 0.466. The van der Waals surface area contributed by atoms with Crippen LogP contribution < -0.4 is 5.32 Å². The van der Waals surface area contributed by atoms with E-state index in [1.165, 1.54) is 12.8 Å². The lowest BCUT2D eigenvalue weighted by molar-refractivity contribution is 0.0473. The lowest BCUT2D eigenvalue weighted by Gasteiger charge is -2.30. The minimum absolute atomic E-state index is 0.179. The molecule has 0 radical (unpaired) electrons. The second-order valence-electron chi connectivity index (χ2n) is 6.65. The Morgan fingerprint density at radius 3 is 2.37 bits per heavy atom. The molecule has 1 fully saturated rings. The topological polar surface area (TPSA) is 41.6 Å². The summed E-state index contributed by atoms with van der Waals surface area (Å²) in [5, 5.41) is 3.05. The van der Waals surface area contributed by atoms with Crippen LogP contribution in [0.15, 0.2) is 0 Å². The van der Waals surface area contributed by atoms with Gasteiger partial charge in [0.05, 0.1) is 0 Å². The van der Waals surface area contributed by atoms with E-state index in [1.807, 2.05) is 20.8 Å².